The molecule has 6 nitrogen and oxygen atoms in total. The standard InChI is InChI=1S/C25H31N3O3/c1-17(2)14-15-25(4)23(30)28(24(31)27-25)16-22(29)26-18(3)19-10-12-21(13-11-19)20-8-6-5-7-9-20/h5-13,17-18H,14-16H2,1-4H3,(H,26,29)(H,27,31)/t18-,25+/m0/s1. The van der Waals surface area contributed by atoms with Crippen molar-refractivity contribution in [2.24, 2.45) is 5.92 Å². The summed E-state index contributed by atoms with van der Waals surface area (Å²) in [5, 5.41) is 5.64. The molecule has 1 aliphatic heterocycles. The number of nitrogens with one attached hydrogen (secondary N) is 2. The molecule has 0 unspecified atom stereocenters. The van der Waals surface area contributed by atoms with E-state index in [1.165, 1.54) is 0 Å². The molecule has 0 aliphatic carbocycles. The van der Waals surface area contributed by atoms with Crippen LogP contribution in [0.4, 0.5) is 4.79 Å². The van der Waals surface area contributed by atoms with Crippen LogP contribution < -0.4 is 10.6 Å². The second-order valence-electron chi connectivity index (χ2n) is 8.86. The third-order valence-electron chi connectivity index (χ3n) is 5.76. The zero-order valence-corrected chi connectivity index (χ0v) is 18.6. The van der Waals surface area contributed by atoms with Gasteiger partial charge < -0.3 is 10.6 Å². The Morgan fingerprint density at radius 3 is 2.23 bits per heavy atom. The lowest BCUT2D eigenvalue weighted by Gasteiger charge is -2.22. The first-order valence-electron chi connectivity index (χ1n) is 10.8. The van der Waals surface area contributed by atoms with Gasteiger partial charge in [0, 0.05) is 0 Å². The molecular weight excluding hydrogens is 390 g/mol. The van der Waals surface area contributed by atoms with Crippen molar-refractivity contribution in [3.8, 4) is 11.1 Å². The Balaban J connectivity index is 1.59. The Hall–Kier alpha value is -3.15. The number of nitrogens with zero attached hydrogens (tertiary/aromatic N) is 1. The Morgan fingerprint density at radius 1 is 1.00 bits per heavy atom. The molecule has 0 aromatic heterocycles. The molecule has 0 bridgehead atoms. The number of rotatable bonds is 8. The number of benzene rings is 2. The zero-order valence-electron chi connectivity index (χ0n) is 18.6. The minimum atomic E-state index is -0.944. The molecule has 0 radical (unpaired) electrons. The summed E-state index contributed by atoms with van der Waals surface area (Å²) >= 11 is 0. The van der Waals surface area contributed by atoms with Gasteiger partial charge >= 0.3 is 6.03 Å². The molecule has 2 atom stereocenters. The zero-order chi connectivity index (χ0) is 22.6. The van der Waals surface area contributed by atoms with Crippen molar-refractivity contribution in [3.63, 3.8) is 0 Å². The Bertz CT molecular complexity index is 940. The average Bonchev–Trinajstić information content (AvgIpc) is 2.96. The molecule has 0 spiro atoms. The van der Waals surface area contributed by atoms with Crippen molar-refractivity contribution < 1.29 is 14.4 Å². The van der Waals surface area contributed by atoms with E-state index in [4.69, 9.17) is 0 Å². The topological polar surface area (TPSA) is 78.5 Å². The number of hydrogen-bond donors (Lipinski definition) is 2. The summed E-state index contributed by atoms with van der Waals surface area (Å²) in [6, 6.07) is 17.3. The highest BCUT2D eigenvalue weighted by molar-refractivity contribution is 6.08. The highest BCUT2D eigenvalue weighted by atomic mass is 16.2. The first-order valence-corrected chi connectivity index (χ1v) is 10.8. The van der Waals surface area contributed by atoms with Gasteiger partial charge in [-0.05, 0) is 49.3 Å². The summed E-state index contributed by atoms with van der Waals surface area (Å²) < 4.78 is 0. The monoisotopic (exact) mass is 421 g/mol. The molecule has 2 N–H and O–H groups in total. The van der Waals surface area contributed by atoms with Gasteiger partial charge in [0.1, 0.15) is 12.1 Å². The molecule has 1 heterocycles. The average molecular weight is 422 g/mol. The molecule has 2 aromatic rings. The quantitative estimate of drug-likeness (QED) is 0.625. The van der Waals surface area contributed by atoms with Gasteiger partial charge in [-0.1, -0.05) is 68.4 Å². The molecule has 6 heteroatoms. The molecule has 1 saturated heterocycles. The third-order valence-corrected chi connectivity index (χ3v) is 5.76. The van der Waals surface area contributed by atoms with Crippen LogP contribution in [0.15, 0.2) is 54.6 Å². The smallest absolute Gasteiger partial charge is 0.325 e. The predicted octanol–water partition coefficient (Wildman–Crippen LogP) is 4.28. The molecular formula is C25H31N3O3. The lowest BCUT2D eigenvalue weighted by Crippen LogP contribution is -2.45. The second-order valence-corrected chi connectivity index (χ2v) is 8.86. The first-order chi connectivity index (χ1) is 14.7. The fraction of sp³-hybridized carbons (Fsp3) is 0.400. The van der Waals surface area contributed by atoms with E-state index in [9.17, 15) is 14.4 Å². The number of imide groups is 1. The van der Waals surface area contributed by atoms with Crippen LogP contribution in [0, 0.1) is 5.92 Å². The van der Waals surface area contributed by atoms with E-state index < -0.39 is 11.6 Å². The lowest BCUT2D eigenvalue weighted by molar-refractivity contribution is -0.135. The maximum absolute atomic E-state index is 12.8. The minimum Gasteiger partial charge on any atom is -0.348 e. The van der Waals surface area contributed by atoms with Crippen molar-refractivity contribution in [2.75, 3.05) is 6.54 Å². The maximum atomic E-state index is 12.8. The van der Waals surface area contributed by atoms with Gasteiger partial charge in [0.2, 0.25) is 5.91 Å². The van der Waals surface area contributed by atoms with E-state index in [0.29, 0.717) is 12.3 Å². The van der Waals surface area contributed by atoms with Crippen molar-refractivity contribution in [2.45, 2.75) is 52.1 Å². The van der Waals surface area contributed by atoms with Gasteiger partial charge in [0.15, 0.2) is 0 Å². The summed E-state index contributed by atoms with van der Waals surface area (Å²) in [7, 11) is 0. The van der Waals surface area contributed by atoms with E-state index in [1.54, 1.807) is 6.92 Å². The Labute approximate surface area is 184 Å². The summed E-state index contributed by atoms with van der Waals surface area (Å²) in [5.41, 5.74) is 2.24. The second kappa shape index (κ2) is 9.33. The number of urea groups is 1. The van der Waals surface area contributed by atoms with Crippen molar-refractivity contribution in [3.05, 3.63) is 60.2 Å². The van der Waals surface area contributed by atoms with Crippen LogP contribution in [0.2, 0.25) is 0 Å². The molecule has 3 rings (SSSR count). The van der Waals surface area contributed by atoms with Gasteiger partial charge in [-0.2, -0.15) is 0 Å². The highest BCUT2D eigenvalue weighted by Crippen LogP contribution is 2.25. The Morgan fingerprint density at radius 2 is 1.61 bits per heavy atom. The van der Waals surface area contributed by atoms with E-state index in [-0.39, 0.29) is 24.4 Å². The van der Waals surface area contributed by atoms with Crippen LogP contribution in [0.25, 0.3) is 11.1 Å². The van der Waals surface area contributed by atoms with E-state index in [0.717, 1.165) is 28.0 Å². The maximum Gasteiger partial charge on any atom is 0.325 e. The van der Waals surface area contributed by atoms with Gasteiger partial charge in [-0.3, -0.25) is 14.5 Å². The van der Waals surface area contributed by atoms with E-state index >= 15 is 0 Å². The van der Waals surface area contributed by atoms with Crippen molar-refractivity contribution >= 4 is 17.8 Å². The van der Waals surface area contributed by atoms with E-state index in [1.807, 2.05) is 61.5 Å². The summed E-state index contributed by atoms with van der Waals surface area (Å²) in [6.45, 7) is 7.47. The van der Waals surface area contributed by atoms with Crippen molar-refractivity contribution in [1.82, 2.24) is 15.5 Å². The molecule has 1 aliphatic rings. The highest BCUT2D eigenvalue weighted by Gasteiger charge is 2.47. The van der Waals surface area contributed by atoms with Crippen LogP contribution in [-0.2, 0) is 9.59 Å². The predicted molar refractivity (Wildman–Crippen MR) is 121 cm³/mol. The molecule has 0 saturated carbocycles. The molecule has 164 valence electrons. The molecule has 4 amide bonds. The van der Waals surface area contributed by atoms with E-state index in [2.05, 4.69) is 24.5 Å². The molecule has 1 fully saturated rings. The third kappa shape index (κ3) is 5.32. The minimum absolute atomic E-state index is 0.245. The van der Waals surface area contributed by atoms with Gasteiger partial charge in [0.05, 0.1) is 6.04 Å². The SMILES string of the molecule is CC(C)CC[C@@]1(C)NC(=O)N(CC(=O)N[C@@H](C)c2ccc(-c3ccccc3)cc2)C1=O. The normalized spacial score (nSPS) is 19.5. The fourth-order valence-corrected chi connectivity index (χ4v) is 3.75. The largest absolute Gasteiger partial charge is 0.348 e. The lowest BCUT2D eigenvalue weighted by atomic mass is 9.92. The molecule has 2 aromatic carbocycles. The van der Waals surface area contributed by atoms with Gasteiger partial charge in [-0.15, -0.1) is 0 Å². The van der Waals surface area contributed by atoms with Crippen LogP contribution >= 0.6 is 0 Å². The number of amides is 4. The van der Waals surface area contributed by atoms with Gasteiger partial charge in [0.25, 0.3) is 5.91 Å². The van der Waals surface area contributed by atoms with Crippen LogP contribution in [0.5, 0.6) is 0 Å². The summed E-state index contributed by atoms with van der Waals surface area (Å²) in [5.74, 6) is -0.280. The number of carbonyl (C=O) groups is 3. The number of hydrogen-bond acceptors (Lipinski definition) is 3. The van der Waals surface area contributed by atoms with Crippen molar-refractivity contribution in [1.29, 1.82) is 0 Å². The molecule has 31 heavy (non-hydrogen) atoms. The number of carbonyl (C=O) groups excluding carboxylic acids is 3. The Kier molecular flexibility index (Phi) is 6.78. The van der Waals surface area contributed by atoms with Crippen LogP contribution in [-0.4, -0.2) is 34.8 Å². The summed E-state index contributed by atoms with van der Waals surface area (Å²) in [4.78, 5) is 38.7. The van der Waals surface area contributed by atoms with Crippen LogP contribution in [0.1, 0.15) is 52.1 Å². The van der Waals surface area contributed by atoms with Gasteiger partial charge in [-0.25, -0.2) is 4.79 Å². The van der Waals surface area contributed by atoms with Crippen LogP contribution in [0.3, 0.4) is 0 Å². The summed E-state index contributed by atoms with van der Waals surface area (Å²) in [6.07, 6.45) is 1.37. The fourth-order valence-electron chi connectivity index (χ4n) is 3.75. The first kappa shape index (κ1) is 22.5.